The molecule has 4 N–H and O–H groups in total. The predicted octanol–water partition coefficient (Wildman–Crippen LogP) is -0.101. The smallest absolute Gasteiger partial charge is 0.296 e. The minimum absolute atomic E-state index is 0.0358. The number of alkyl halides is 1. The molecule has 1 amide bonds. The number of anilines is 1. The van der Waals surface area contributed by atoms with E-state index >= 15 is 0 Å². The Balaban J connectivity index is 2.79. The highest BCUT2D eigenvalue weighted by atomic mass is 35.5. The van der Waals surface area contributed by atoms with Crippen LogP contribution in [0.15, 0.2) is 23.1 Å². The topological polar surface area (TPSA) is 144 Å². The number of nitrogens with one attached hydrogen (secondary N) is 1. The number of sulfone groups is 1. The zero-order valence-electron chi connectivity index (χ0n) is 11.3. The summed E-state index contributed by atoms with van der Waals surface area (Å²) in [6, 6.07) is 3.32. The first-order valence-corrected chi connectivity index (χ1v) is 9.78. The second-order valence-corrected chi connectivity index (χ2v) is 8.40. The highest BCUT2D eigenvalue weighted by Gasteiger charge is 2.17. The van der Waals surface area contributed by atoms with Crippen molar-refractivity contribution in [2.75, 3.05) is 29.7 Å². The van der Waals surface area contributed by atoms with Crippen molar-refractivity contribution >= 4 is 43.2 Å². The summed E-state index contributed by atoms with van der Waals surface area (Å²) in [5, 5.41) is 2.33. The maximum absolute atomic E-state index is 11.8. The van der Waals surface area contributed by atoms with Crippen LogP contribution in [0.2, 0.25) is 0 Å². The lowest BCUT2D eigenvalue weighted by Crippen LogP contribution is -2.30. The van der Waals surface area contributed by atoms with E-state index in [1.165, 1.54) is 6.07 Å². The fourth-order valence-electron chi connectivity index (χ4n) is 1.54. The third-order valence-electron chi connectivity index (χ3n) is 2.64. The number of halogens is 1. The molecule has 0 saturated heterocycles. The van der Waals surface area contributed by atoms with E-state index in [0.29, 0.717) is 0 Å². The Bertz CT molecular complexity index is 761. The maximum Gasteiger partial charge on any atom is 0.296 e. The highest BCUT2D eigenvalue weighted by molar-refractivity contribution is 7.91. The molecule has 0 fully saturated rings. The molecule has 0 heterocycles. The average Bonchev–Trinajstić information content (AvgIpc) is 2.37. The van der Waals surface area contributed by atoms with Crippen molar-refractivity contribution in [3.63, 3.8) is 0 Å². The molecular weight excluding hydrogens is 356 g/mol. The van der Waals surface area contributed by atoms with Gasteiger partial charge >= 0.3 is 0 Å². The Morgan fingerprint density at radius 2 is 1.86 bits per heavy atom. The summed E-state index contributed by atoms with van der Waals surface area (Å²) in [7, 11) is -7.91. The van der Waals surface area contributed by atoms with Crippen molar-refractivity contribution in [2.45, 2.75) is 4.90 Å². The van der Waals surface area contributed by atoms with Crippen LogP contribution < -0.4 is 11.1 Å². The van der Waals surface area contributed by atoms with Crippen LogP contribution in [0.25, 0.3) is 0 Å². The number of carbonyl (C=O) groups is 1. The van der Waals surface area contributed by atoms with Gasteiger partial charge in [-0.2, -0.15) is 8.42 Å². The van der Waals surface area contributed by atoms with Gasteiger partial charge in [-0.15, -0.1) is 11.6 Å². The minimum atomic E-state index is -4.56. The van der Waals surface area contributed by atoms with Crippen molar-refractivity contribution < 1.29 is 26.2 Å². The summed E-state index contributed by atoms with van der Waals surface area (Å²) in [4.78, 5) is 11.2. The Labute approximate surface area is 133 Å². The molecule has 11 heteroatoms. The van der Waals surface area contributed by atoms with Gasteiger partial charge in [0.1, 0.15) is 4.90 Å². The quantitative estimate of drug-likeness (QED) is 0.345. The molecule has 0 aromatic heterocycles. The number of benzene rings is 1. The largest absolute Gasteiger partial charge is 0.398 e. The van der Waals surface area contributed by atoms with Crippen LogP contribution in [0, 0.1) is 0 Å². The van der Waals surface area contributed by atoms with E-state index in [-0.39, 0.29) is 35.2 Å². The number of hydrogen-bond donors (Lipinski definition) is 3. The van der Waals surface area contributed by atoms with Crippen molar-refractivity contribution in [3.05, 3.63) is 23.8 Å². The SMILES string of the molecule is Nc1ccc(C(=O)NCCS(=O)(=O)CCCl)cc1S(=O)(=O)O. The number of nitrogens with two attached hydrogens (primary N) is 1. The fourth-order valence-corrected chi connectivity index (χ4v) is 3.74. The minimum Gasteiger partial charge on any atom is -0.398 e. The highest BCUT2D eigenvalue weighted by Crippen LogP contribution is 2.19. The first-order valence-electron chi connectivity index (χ1n) is 5.98. The number of hydrogen-bond acceptors (Lipinski definition) is 6. The maximum atomic E-state index is 11.8. The number of rotatable bonds is 7. The van der Waals surface area contributed by atoms with Crippen molar-refractivity contribution in [3.8, 4) is 0 Å². The van der Waals surface area contributed by atoms with Crippen LogP contribution in [0.3, 0.4) is 0 Å². The zero-order chi connectivity index (χ0) is 17.0. The molecule has 8 nitrogen and oxygen atoms in total. The number of carbonyl (C=O) groups excluding carboxylic acids is 1. The third-order valence-corrected chi connectivity index (χ3v) is 5.62. The van der Waals surface area contributed by atoms with Crippen molar-refractivity contribution in [1.82, 2.24) is 5.32 Å². The standard InChI is InChI=1S/C11H15ClN2O6S2/c12-3-5-21(16,17)6-4-14-11(15)8-1-2-9(13)10(7-8)22(18,19)20/h1-2,7H,3-6,13H2,(H,14,15)(H,18,19,20). The summed E-state index contributed by atoms with van der Waals surface area (Å²) in [5.41, 5.74) is 5.13. The van der Waals surface area contributed by atoms with Crippen LogP contribution in [0.4, 0.5) is 5.69 Å². The van der Waals surface area contributed by atoms with Gasteiger partial charge < -0.3 is 11.1 Å². The third kappa shape index (κ3) is 5.44. The van der Waals surface area contributed by atoms with Crippen molar-refractivity contribution in [2.24, 2.45) is 0 Å². The summed E-state index contributed by atoms with van der Waals surface area (Å²) in [5.74, 6) is -1.21. The molecule has 1 aromatic carbocycles. The summed E-state index contributed by atoms with van der Waals surface area (Å²) in [6.07, 6.45) is 0. The lowest BCUT2D eigenvalue weighted by molar-refractivity contribution is 0.0956. The van der Waals surface area contributed by atoms with E-state index < -0.39 is 30.8 Å². The molecule has 0 aliphatic carbocycles. The monoisotopic (exact) mass is 370 g/mol. The van der Waals surface area contributed by atoms with Gasteiger partial charge in [0.2, 0.25) is 0 Å². The van der Waals surface area contributed by atoms with E-state index in [2.05, 4.69) is 5.32 Å². The normalized spacial score (nSPS) is 12.1. The Kier molecular flexibility index (Phi) is 6.17. The molecule has 1 aromatic rings. The molecule has 0 saturated carbocycles. The summed E-state index contributed by atoms with van der Waals surface area (Å²) in [6.45, 7) is -0.149. The Hall–Kier alpha value is -1.36. The molecule has 124 valence electrons. The van der Waals surface area contributed by atoms with E-state index in [4.69, 9.17) is 21.9 Å². The molecule has 0 aliphatic heterocycles. The van der Waals surface area contributed by atoms with Crippen LogP contribution in [0.5, 0.6) is 0 Å². The summed E-state index contributed by atoms with van der Waals surface area (Å²) < 4.78 is 54.0. The first kappa shape index (κ1) is 18.7. The summed E-state index contributed by atoms with van der Waals surface area (Å²) >= 11 is 5.34. The van der Waals surface area contributed by atoms with Gasteiger partial charge in [0.25, 0.3) is 16.0 Å². The van der Waals surface area contributed by atoms with Gasteiger partial charge in [0, 0.05) is 18.0 Å². The Morgan fingerprint density at radius 3 is 2.41 bits per heavy atom. The second kappa shape index (κ2) is 7.27. The van der Waals surface area contributed by atoms with Gasteiger partial charge in [0.15, 0.2) is 9.84 Å². The molecule has 0 spiro atoms. The van der Waals surface area contributed by atoms with Gasteiger partial charge in [-0.3, -0.25) is 9.35 Å². The zero-order valence-corrected chi connectivity index (χ0v) is 13.7. The lowest BCUT2D eigenvalue weighted by Gasteiger charge is -2.08. The van der Waals surface area contributed by atoms with Crippen LogP contribution >= 0.6 is 11.6 Å². The number of amides is 1. The van der Waals surface area contributed by atoms with E-state index in [0.717, 1.165) is 12.1 Å². The van der Waals surface area contributed by atoms with Gasteiger partial charge in [-0.1, -0.05) is 0 Å². The van der Waals surface area contributed by atoms with E-state index in [1.807, 2.05) is 0 Å². The van der Waals surface area contributed by atoms with E-state index in [9.17, 15) is 21.6 Å². The van der Waals surface area contributed by atoms with Crippen LogP contribution in [-0.2, 0) is 20.0 Å². The van der Waals surface area contributed by atoms with Crippen LogP contribution in [0.1, 0.15) is 10.4 Å². The lowest BCUT2D eigenvalue weighted by atomic mass is 10.2. The first-order chi connectivity index (χ1) is 10.1. The molecule has 0 aliphatic rings. The van der Waals surface area contributed by atoms with Crippen molar-refractivity contribution in [1.29, 1.82) is 0 Å². The molecule has 22 heavy (non-hydrogen) atoms. The predicted molar refractivity (Wildman–Crippen MR) is 82.4 cm³/mol. The van der Waals surface area contributed by atoms with Gasteiger partial charge in [0.05, 0.1) is 17.2 Å². The molecule has 0 bridgehead atoms. The molecule has 0 unspecified atom stereocenters. The molecule has 0 radical (unpaired) electrons. The van der Waals surface area contributed by atoms with Crippen LogP contribution in [-0.4, -0.2) is 51.2 Å². The molecule has 0 atom stereocenters. The Morgan fingerprint density at radius 1 is 1.23 bits per heavy atom. The molecular formula is C11H15ClN2O6S2. The van der Waals surface area contributed by atoms with E-state index in [1.54, 1.807) is 0 Å². The van der Waals surface area contributed by atoms with Gasteiger partial charge in [-0.25, -0.2) is 8.42 Å². The average molecular weight is 371 g/mol. The van der Waals surface area contributed by atoms with Gasteiger partial charge in [-0.05, 0) is 18.2 Å². The number of nitrogen functional groups attached to an aromatic ring is 1. The fraction of sp³-hybridized carbons (Fsp3) is 0.364. The molecule has 1 rings (SSSR count). The second-order valence-electron chi connectivity index (χ2n) is 4.32.